The summed E-state index contributed by atoms with van der Waals surface area (Å²) >= 11 is 0. The second-order valence-electron chi connectivity index (χ2n) is 2.94. The van der Waals surface area contributed by atoms with Crippen LogP contribution in [0, 0.1) is 6.92 Å². The topological polar surface area (TPSA) is 26.3 Å². The van der Waals surface area contributed by atoms with Gasteiger partial charge >= 0.3 is 0 Å². The quantitative estimate of drug-likeness (QED) is 0.664. The molecule has 0 unspecified atom stereocenters. The molecule has 0 N–H and O–H groups in total. The van der Waals surface area contributed by atoms with Gasteiger partial charge in [0.2, 0.25) is 0 Å². The van der Waals surface area contributed by atoms with E-state index < -0.39 is 0 Å². The molecule has 13 heavy (non-hydrogen) atoms. The average molecular weight is 178 g/mol. The highest BCUT2D eigenvalue weighted by atomic mass is 16.5. The minimum atomic E-state index is 0.622. The Hall–Kier alpha value is -1.31. The maximum absolute atomic E-state index is 10.7. The van der Waals surface area contributed by atoms with Crippen molar-refractivity contribution in [2.45, 2.75) is 20.3 Å². The van der Waals surface area contributed by atoms with E-state index in [9.17, 15) is 4.79 Å². The van der Waals surface area contributed by atoms with Crippen LogP contribution in [-0.4, -0.2) is 13.4 Å². The smallest absolute Gasteiger partial charge is 0.153 e. The molecule has 1 rings (SSSR count). The van der Waals surface area contributed by atoms with E-state index in [0.29, 0.717) is 11.3 Å². The van der Waals surface area contributed by atoms with Crippen LogP contribution in [0.3, 0.4) is 0 Å². The molecule has 1 aromatic carbocycles. The number of benzene rings is 1. The molecule has 0 atom stereocenters. The van der Waals surface area contributed by atoms with Gasteiger partial charge in [-0.1, -0.05) is 13.0 Å². The molecule has 0 saturated heterocycles. The summed E-state index contributed by atoms with van der Waals surface area (Å²) in [5.41, 5.74) is 2.91. The zero-order valence-corrected chi connectivity index (χ0v) is 8.26. The monoisotopic (exact) mass is 178 g/mol. The van der Waals surface area contributed by atoms with E-state index in [1.165, 1.54) is 5.56 Å². The molecule has 0 aromatic heterocycles. The minimum Gasteiger partial charge on any atom is -0.496 e. The normalized spacial score (nSPS) is 9.77. The SMILES string of the molecule is CCc1ccc(C=O)c(OC)c1C. The van der Waals surface area contributed by atoms with E-state index >= 15 is 0 Å². The predicted molar refractivity (Wildman–Crippen MR) is 52.5 cm³/mol. The average Bonchev–Trinajstić information content (AvgIpc) is 2.17. The van der Waals surface area contributed by atoms with E-state index in [2.05, 4.69) is 6.92 Å². The lowest BCUT2D eigenvalue weighted by Gasteiger charge is -2.10. The van der Waals surface area contributed by atoms with Gasteiger partial charge in [0, 0.05) is 0 Å². The van der Waals surface area contributed by atoms with E-state index in [4.69, 9.17) is 4.74 Å². The lowest BCUT2D eigenvalue weighted by atomic mass is 10.0. The molecule has 2 nitrogen and oxygen atoms in total. The van der Waals surface area contributed by atoms with Gasteiger partial charge in [0.1, 0.15) is 5.75 Å². The number of carbonyl (C=O) groups excluding carboxylic acids is 1. The Morgan fingerprint density at radius 1 is 1.46 bits per heavy atom. The highest BCUT2D eigenvalue weighted by molar-refractivity contribution is 5.80. The van der Waals surface area contributed by atoms with Crippen LogP contribution in [0.15, 0.2) is 12.1 Å². The van der Waals surface area contributed by atoms with Crippen LogP contribution in [-0.2, 0) is 6.42 Å². The van der Waals surface area contributed by atoms with Crippen molar-refractivity contribution in [1.29, 1.82) is 0 Å². The van der Waals surface area contributed by atoms with Gasteiger partial charge in [0.15, 0.2) is 6.29 Å². The molecule has 0 radical (unpaired) electrons. The summed E-state index contributed by atoms with van der Waals surface area (Å²) in [6.45, 7) is 4.06. The zero-order valence-electron chi connectivity index (χ0n) is 8.26. The van der Waals surface area contributed by atoms with Crippen molar-refractivity contribution in [3.8, 4) is 5.75 Å². The second kappa shape index (κ2) is 4.08. The Morgan fingerprint density at radius 3 is 2.62 bits per heavy atom. The molecular weight excluding hydrogens is 164 g/mol. The fraction of sp³-hybridized carbons (Fsp3) is 0.364. The number of rotatable bonds is 3. The standard InChI is InChI=1S/C11H14O2/c1-4-9-5-6-10(7-12)11(13-3)8(9)2/h5-7H,4H2,1-3H3. The molecule has 2 heteroatoms. The highest BCUT2D eigenvalue weighted by Crippen LogP contribution is 2.25. The maximum atomic E-state index is 10.7. The molecule has 70 valence electrons. The summed E-state index contributed by atoms with van der Waals surface area (Å²) in [6.07, 6.45) is 1.78. The van der Waals surface area contributed by atoms with E-state index in [1.807, 2.05) is 13.0 Å². The summed E-state index contributed by atoms with van der Waals surface area (Å²) in [5.74, 6) is 0.703. The number of methoxy groups -OCH3 is 1. The number of ether oxygens (including phenoxy) is 1. The van der Waals surface area contributed by atoms with Crippen molar-refractivity contribution in [2.75, 3.05) is 7.11 Å². The third kappa shape index (κ3) is 1.72. The molecule has 0 aliphatic rings. The summed E-state index contributed by atoms with van der Waals surface area (Å²) in [6, 6.07) is 3.78. The third-order valence-corrected chi connectivity index (χ3v) is 2.26. The van der Waals surface area contributed by atoms with Crippen LogP contribution in [0.4, 0.5) is 0 Å². The first-order chi connectivity index (χ1) is 6.24. The van der Waals surface area contributed by atoms with Crippen molar-refractivity contribution in [2.24, 2.45) is 0 Å². The number of carbonyl (C=O) groups is 1. The Bertz CT molecular complexity index is 316. The van der Waals surface area contributed by atoms with Gasteiger partial charge in [-0.3, -0.25) is 4.79 Å². The van der Waals surface area contributed by atoms with E-state index in [-0.39, 0.29) is 0 Å². The van der Waals surface area contributed by atoms with Crippen LogP contribution in [0.2, 0.25) is 0 Å². The molecule has 0 heterocycles. The Labute approximate surface area is 78.5 Å². The predicted octanol–water partition coefficient (Wildman–Crippen LogP) is 2.38. The third-order valence-electron chi connectivity index (χ3n) is 2.26. The minimum absolute atomic E-state index is 0.622. The van der Waals surface area contributed by atoms with Crippen molar-refractivity contribution in [1.82, 2.24) is 0 Å². The van der Waals surface area contributed by atoms with Gasteiger partial charge < -0.3 is 4.74 Å². The van der Waals surface area contributed by atoms with Gasteiger partial charge in [-0.15, -0.1) is 0 Å². The molecule has 0 aliphatic heterocycles. The summed E-state index contributed by atoms with van der Waals surface area (Å²) < 4.78 is 5.18. The van der Waals surface area contributed by atoms with Gasteiger partial charge in [-0.05, 0) is 30.5 Å². The maximum Gasteiger partial charge on any atom is 0.153 e. The first-order valence-electron chi connectivity index (χ1n) is 4.36. The molecule has 0 saturated carbocycles. The Balaban J connectivity index is 3.31. The molecular formula is C11H14O2. The largest absolute Gasteiger partial charge is 0.496 e. The lowest BCUT2D eigenvalue weighted by Crippen LogP contribution is -1.97. The fourth-order valence-electron chi connectivity index (χ4n) is 1.50. The number of hydrogen-bond donors (Lipinski definition) is 0. The molecule has 0 amide bonds. The van der Waals surface area contributed by atoms with Gasteiger partial charge in [-0.25, -0.2) is 0 Å². The van der Waals surface area contributed by atoms with Crippen LogP contribution in [0.5, 0.6) is 5.75 Å². The fourth-order valence-corrected chi connectivity index (χ4v) is 1.50. The number of hydrogen-bond acceptors (Lipinski definition) is 2. The second-order valence-corrected chi connectivity index (χ2v) is 2.94. The van der Waals surface area contributed by atoms with Crippen LogP contribution in [0.25, 0.3) is 0 Å². The van der Waals surface area contributed by atoms with Gasteiger partial charge in [-0.2, -0.15) is 0 Å². The Kier molecular flexibility index (Phi) is 3.07. The first kappa shape index (κ1) is 9.78. The van der Waals surface area contributed by atoms with E-state index in [1.54, 1.807) is 13.2 Å². The highest BCUT2D eigenvalue weighted by Gasteiger charge is 2.08. The van der Waals surface area contributed by atoms with Crippen LogP contribution in [0.1, 0.15) is 28.4 Å². The van der Waals surface area contributed by atoms with Crippen molar-refractivity contribution >= 4 is 6.29 Å². The van der Waals surface area contributed by atoms with Gasteiger partial charge in [0.05, 0.1) is 12.7 Å². The molecule has 0 spiro atoms. The Morgan fingerprint density at radius 2 is 2.15 bits per heavy atom. The number of aldehydes is 1. The summed E-state index contributed by atoms with van der Waals surface area (Å²) in [7, 11) is 1.59. The van der Waals surface area contributed by atoms with Crippen molar-refractivity contribution in [3.05, 3.63) is 28.8 Å². The van der Waals surface area contributed by atoms with Crippen molar-refractivity contribution in [3.63, 3.8) is 0 Å². The van der Waals surface area contributed by atoms with Crippen LogP contribution < -0.4 is 4.74 Å². The first-order valence-corrected chi connectivity index (χ1v) is 4.36. The summed E-state index contributed by atoms with van der Waals surface area (Å²) in [5, 5.41) is 0. The van der Waals surface area contributed by atoms with Gasteiger partial charge in [0.25, 0.3) is 0 Å². The molecule has 1 aromatic rings. The molecule has 0 aliphatic carbocycles. The lowest BCUT2D eigenvalue weighted by molar-refractivity contribution is 0.112. The van der Waals surface area contributed by atoms with E-state index in [0.717, 1.165) is 18.3 Å². The molecule has 0 fully saturated rings. The molecule has 0 bridgehead atoms. The zero-order chi connectivity index (χ0) is 9.84. The van der Waals surface area contributed by atoms with Crippen LogP contribution >= 0.6 is 0 Å². The van der Waals surface area contributed by atoms with Crippen molar-refractivity contribution < 1.29 is 9.53 Å². The summed E-state index contributed by atoms with van der Waals surface area (Å²) in [4.78, 5) is 10.7. The number of aryl methyl sites for hydroxylation is 1.